The summed E-state index contributed by atoms with van der Waals surface area (Å²) in [5.41, 5.74) is 5.95. The molecule has 3 unspecified atom stereocenters. The van der Waals surface area contributed by atoms with E-state index in [1.54, 1.807) is 0 Å². The van der Waals surface area contributed by atoms with Gasteiger partial charge in [0.15, 0.2) is 0 Å². The summed E-state index contributed by atoms with van der Waals surface area (Å²) in [6, 6.07) is 0.568. The predicted octanol–water partition coefficient (Wildman–Crippen LogP) is 0.607. The third-order valence-electron chi connectivity index (χ3n) is 3.32. The van der Waals surface area contributed by atoms with Crippen molar-refractivity contribution in [3.05, 3.63) is 0 Å². The van der Waals surface area contributed by atoms with E-state index in [0.29, 0.717) is 18.4 Å². The molecule has 4 heteroatoms. The van der Waals surface area contributed by atoms with Crippen LogP contribution >= 0.6 is 0 Å². The van der Waals surface area contributed by atoms with E-state index in [1.807, 2.05) is 0 Å². The van der Waals surface area contributed by atoms with Crippen molar-refractivity contribution in [2.45, 2.75) is 38.8 Å². The van der Waals surface area contributed by atoms with Crippen LogP contribution in [0.25, 0.3) is 0 Å². The highest BCUT2D eigenvalue weighted by Gasteiger charge is 2.27. The normalized spacial score (nSPS) is 29.9. The van der Waals surface area contributed by atoms with E-state index >= 15 is 0 Å². The van der Waals surface area contributed by atoms with Gasteiger partial charge in [0.05, 0.1) is 13.5 Å². The maximum absolute atomic E-state index is 11.1. The van der Waals surface area contributed by atoms with Crippen molar-refractivity contribution < 1.29 is 9.53 Å². The second-order valence-corrected chi connectivity index (χ2v) is 4.55. The molecule has 1 saturated heterocycles. The average molecular weight is 214 g/mol. The van der Waals surface area contributed by atoms with Gasteiger partial charge in [-0.15, -0.1) is 0 Å². The summed E-state index contributed by atoms with van der Waals surface area (Å²) < 4.78 is 4.67. The van der Waals surface area contributed by atoms with Crippen LogP contribution in [0.3, 0.4) is 0 Å². The van der Waals surface area contributed by atoms with Gasteiger partial charge in [-0.3, -0.25) is 9.69 Å². The predicted molar refractivity (Wildman–Crippen MR) is 59.4 cm³/mol. The molecule has 0 saturated carbocycles. The summed E-state index contributed by atoms with van der Waals surface area (Å²) in [6.45, 7) is 6.21. The Balaban J connectivity index is 2.40. The van der Waals surface area contributed by atoms with E-state index in [9.17, 15) is 4.79 Å². The van der Waals surface area contributed by atoms with Crippen LogP contribution in [-0.4, -0.2) is 43.2 Å². The first-order valence-electron chi connectivity index (χ1n) is 5.61. The summed E-state index contributed by atoms with van der Waals surface area (Å²) >= 11 is 0. The van der Waals surface area contributed by atoms with Crippen LogP contribution in [0.5, 0.6) is 0 Å². The molecule has 0 aromatic rings. The lowest BCUT2D eigenvalue weighted by Crippen LogP contribution is -2.49. The Bertz CT molecular complexity index is 221. The highest BCUT2D eigenvalue weighted by molar-refractivity contribution is 5.69. The number of nitrogens with two attached hydrogens (primary N) is 1. The van der Waals surface area contributed by atoms with E-state index in [0.717, 1.165) is 19.5 Å². The Morgan fingerprint density at radius 2 is 2.33 bits per heavy atom. The Hall–Kier alpha value is -0.610. The molecule has 1 rings (SSSR count). The van der Waals surface area contributed by atoms with Gasteiger partial charge >= 0.3 is 5.97 Å². The molecule has 0 aromatic heterocycles. The van der Waals surface area contributed by atoms with Gasteiger partial charge in [-0.05, 0) is 25.8 Å². The summed E-state index contributed by atoms with van der Waals surface area (Å²) in [6.07, 6.45) is 1.49. The molecule has 2 N–H and O–H groups in total. The number of hydrogen-bond donors (Lipinski definition) is 1. The highest BCUT2D eigenvalue weighted by Crippen LogP contribution is 2.18. The van der Waals surface area contributed by atoms with Crippen molar-refractivity contribution >= 4 is 5.97 Å². The number of nitrogens with zero attached hydrogens (tertiary/aromatic N) is 1. The molecule has 15 heavy (non-hydrogen) atoms. The van der Waals surface area contributed by atoms with E-state index in [2.05, 4.69) is 23.5 Å². The third kappa shape index (κ3) is 3.47. The van der Waals surface area contributed by atoms with Gasteiger partial charge in [-0.1, -0.05) is 6.92 Å². The zero-order valence-corrected chi connectivity index (χ0v) is 9.90. The molecule has 1 aliphatic rings. The van der Waals surface area contributed by atoms with Crippen molar-refractivity contribution in [3.63, 3.8) is 0 Å². The van der Waals surface area contributed by atoms with E-state index in [1.165, 1.54) is 7.11 Å². The molecule has 0 radical (unpaired) electrons. The number of esters is 1. The number of piperidine rings is 1. The fourth-order valence-corrected chi connectivity index (χ4v) is 2.05. The van der Waals surface area contributed by atoms with Crippen molar-refractivity contribution in [3.8, 4) is 0 Å². The SMILES string of the molecule is COC(=O)CC(C)N1CCC(N)C(C)C1. The fraction of sp³-hybridized carbons (Fsp3) is 0.909. The molecule has 4 nitrogen and oxygen atoms in total. The van der Waals surface area contributed by atoms with Crippen LogP contribution in [-0.2, 0) is 9.53 Å². The molecule has 1 heterocycles. The lowest BCUT2D eigenvalue weighted by atomic mass is 9.93. The van der Waals surface area contributed by atoms with Crippen LogP contribution in [0, 0.1) is 5.92 Å². The third-order valence-corrected chi connectivity index (χ3v) is 3.32. The molecule has 0 amide bonds. The van der Waals surface area contributed by atoms with Crippen LogP contribution in [0.1, 0.15) is 26.7 Å². The minimum Gasteiger partial charge on any atom is -0.469 e. The van der Waals surface area contributed by atoms with Gasteiger partial charge in [0.1, 0.15) is 0 Å². The van der Waals surface area contributed by atoms with Crippen LogP contribution in [0.15, 0.2) is 0 Å². The minimum absolute atomic E-state index is 0.134. The van der Waals surface area contributed by atoms with Crippen LogP contribution in [0.2, 0.25) is 0 Å². The summed E-state index contributed by atoms with van der Waals surface area (Å²) in [7, 11) is 1.43. The quantitative estimate of drug-likeness (QED) is 0.699. The molecule has 0 spiro atoms. The Labute approximate surface area is 91.8 Å². The lowest BCUT2D eigenvalue weighted by molar-refractivity contribution is -0.142. The van der Waals surface area contributed by atoms with Gasteiger partial charge in [0, 0.05) is 18.6 Å². The number of hydrogen-bond acceptors (Lipinski definition) is 4. The lowest BCUT2D eigenvalue weighted by Gasteiger charge is -2.38. The molecule has 0 bridgehead atoms. The van der Waals surface area contributed by atoms with Crippen molar-refractivity contribution in [1.82, 2.24) is 4.90 Å². The maximum atomic E-state index is 11.1. The number of carbonyl (C=O) groups excluding carboxylic acids is 1. The maximum Gasteiger partial charge on any atom is 0.307 e. The molecule has 1 fully saturated rings. The Morgan fingerprint density at radius 1 is 1.67 bits per heavy atom. The number of ether oxygens (including phenoxy) is 1. The average Bonchev–Trinajstić information content (AvgIpc) is 2.21. The molecular weight excluding hydrogens is 192 g/mol. The van der Waals surface area contributed by atoms with Gasteiger partial charge < -0.3 is 10.5 Å². The van der Waals surface area contributed by atoms with Crippen molar-refractivity contribution in [2.24, 2.45) is 11.7 Å². The molecule has 1 aliphatic heterocycles. The fourth-order valence-electron chi connectivity index (χ4n) is 2.05. The largest absolute Gasteiger partial charge is 0.469 e. The van der Waals surface area contributed by atoms with E-state index in [-0.39, 0.29) is 12.0 Å². The molecular formula is C11H22N2O2. The number of rotatable bonds is 3. The van der Waals surface area contributed by atoms with Crippen molar-refractivity contribution in [1.29, 1.82) is 0 Å². The summed E-state index contributed by atoms with van der Waals surface area (Å²) in [4.78, 5) is 13.5. The number of likely N-dealkylation sites (tertiary alicyclic amines) is 1. The first-order chi connectivity index (χ1) is 7.04. The number of methoxy groups -OCH3 is 1. The molecule has 0 aliphatic carbocycles. The molecule has 3 atom stereocenters. The highest BCUT2D eigenvalue weighted by atomic mass is 16.5. The topological polar surface area (TPSA) is 55.6 Å². The number of carbonyl (C=O) groups is 1. The van der Waals surface area contributed by atoms with Crippen LogP contribution in [0.4, 0.5) is 0 Å². The second kappa shape index (κ2) is 5.47. The van der Waals surface area contributed by atoms with Gasteiger partial charge in [0.2, 0.25) is 0 Å². The van der Waals surface area contributed by atoms with Crippen molar-refractivity contribution in [2.75, 3.05) is 20.2 Å². The van der Waals surface area contributed by atoms with Gasteiger partial charge in [-0.2, -0.15) is 0 Å². The zero-order chi connectivity index (χ0) is 11.4. The smallest absolute Gasteiger partial charge is 0.307 e. The first kappa shape index (κ1) is 12.5. The first-order valence-corrected chi connectivity index (χ1v) is 5.61. The van der Waals surface area contributed by atoms with E-state index < -0.39 is 0 Å². The summed E-state index contributed by atoms with van der Waals surface area (Å²) in [5.74, 6) is 0.379. The monoisotopic (exact) mass is 214 g/mol. The van der Waals surface area contributed by atoms with Gasteiger partial charge in [-0.25, -0.2) is 0 Å². The molecule has 88 valence electrons. The zero-order valence-electron chi connectivity index (χ0n) is 9.90. The van der Waals surface area contributed by atoms with E-state index in [4.69, 9.17) is 5.73 Å². The molecule has 0 aromatic carbocycles. The standard InChI is InChI=1S/C11H22N2O2/c1-8-7-13(5-4-10(8)12)9(2)6-11(14)15-3/h8-10H,4-7,12H2,1-3H3. The van der Waals surface area contributed by atoms with Crippen LogP contribution < -0.4 is 5.73 Å². The second-order valence-electron chi connectivity index (χ2n) is 4.55. The van der Waals surface area contributed by atoms with Gasteiger partial charge in [0.25, 0.3) is 0 Å². The Kier molecular flexibility index (Phi) is 4.54. The minimum atomic E-state index is -0.134. The Morgan fingerprint density at radius 3 is 2.87 bits per heavy atom. The summed E-state index contributed by atoms with van der Waals surface area (Å²) in [5, 5.41) is 0.